The van der Waals surface area contributed by atoms with Crippen molar-refractivity contribution in [2.45, 2.75) is 13.1 Å². The van der Waals surface area contributed by atoms with Crippen molar-refractivity contribution < 1.29 is 31.0 Å². The molecule has 0 radical (unpaired) electrons. The van der Waals surface area contributed by atoms with E-state index >= 15 is 0 Å². The van der Waals surface area contributed by atoms with Crippen LogP contribution in [0, 0.1) is 0 Å². The standard InChI is InChI=1S/C15H19NO4.ClH/c1-17-13-8-15(19-3)14(18-2)7-11(13)9-16-10-12-5-4-6-20-12;/h4-8,16H,9-10H2,1-3H3;1H/p-1. The van der Waals surface area contributed by atoms with Gasteiger partial charge in [0.05, 0.1) is 34.1 Å². The van der Waals surface area contributed by atoms with Gasteiger partial charge in [0.2, 0.25) is 0 Å². The van der Waals surface area contributed by atoms with Crippen LogP contribution in [0.4, 0.5) is 0 Å². The highest BCUT2D eigenvalue weighted by molar-refractivity contribution is 5.50. The molecule has 0 saturated carbocycles. The third kappa shape index (κ3) is 4.31. The number of halogens is 1. The fourth-order valence-corrected chi connectivity index (χ4v) is 1.96. The minimum atomic E-state index is 0. The van der Waals surface area contributed by atoms with Crippen molar-refractivity contribution in [1.82, 2.24) is 5.32 Å². The lowest BCUT2D eigenvalue weighted by molar-refractivity contribution is -0.00000549. The summed E-state index contributed by atoms with van der Waals surface area (Å²) < 4.78 is 21.2. The molecule has 0 fully saturated rings. The lowest BCUT2D eigenvalue weighted by atomic mass is 10.1. The van der Waals surface area contributed by atoms with E-state index in [0.717, 1.165) is 17.1 Å². The lowest BCUT2D eigenvalue weighted by Gasteiger charge is -2.14. The lowest BCUT2D eigenvalue weighted by Crippen LogP contribution is -3.00. The van der Waals surface area contributed by atoms with Crippen molar-refractivity contribution in [3.63, 3.8) is 0 Å². The van der Waals surface area contributed by atoms with Gasteiger partial charge in [0.15, 0.2) is 11.5 Å². The first-order valence-electron chi connectivity index (χ1n) is 6.30. The van der Waals surface area contributed by atoms with Gasteiger partial charge in [-0.15, -0.1) is 0 Å². The fraction of sp³-hybridized carbons (Fsp3) is 0.333. The number of furan rings is 1. The van der Waals surface area contributed by atoms with E-state index in [9.17, 15) is 0 Å². The SMILES string of the molecule is COc1cc(OC)c(OC)cc1CNCc1ccco1.[Cl-]. The van der Waals surface area contributed by atoms with Crippen molar-refractivity contribution >= 4 is 0 Å². The van der Waals surface area contributed by atoms with E-state index in [2.05, 4.69) is 5.32 Å². The van der Waals surface area contributed by atoms with Crippen LogP contribution in [-0.4, -0.2) is 21.3 Å². The Kier molecular flexibility index (Phi) is 6.91. The molecule has 2 rings (SSSR count). The first-order valence-corrected chi connectivity index (χ1v) is 6.30. The predicted molar refractivity (Wildman–Crippen MR) is 75.3 cm³/mol. The molecule has 0 spiro atoms. The zero-order chi connectivity index (χ0) is 14.4. The molecule has 1 N–H and O–H groups in total. The Morgan fingerprint density at radius 3 is 2.19 bits per heavy atom. The molecule has 0 atom stereocenters. The molecule has 21 heavy (non-hydrogen) atoms. The van der Waals surface area contributed by atoms with Crippen LogP contribution < -0.4 is 31.9 Å². The monoisotopic (exact) mass is 312 g/mol. The minimum absolute atomic E-state index is 0. The van der Waals surface area contributed by atoms with Crippen LogP contribution in [0.25, 0.3) is 0 Å². The Balaban J connectivity index is 0.00000220. The van der Waals surface area contributed by atoms with Crippen LogP contribution in [0.5, 0.6) is 17.2 Å². The second-order valence-corrected chi connectivity index (χ2v) is 4.20. The van der Waals surface area contributed by atoms with Crippen molar-refractivity contribution in [1.29, 1.82) is 0 Å². The van der Waals surface area contributed by atoms with Crippen LogP contribution in [0.15, 0.2) is 34.9 Å². The Morgan fingerprint density at radius 2 is 1.62 bits per heavy atom. The van der Waals surface area contributed by atoms with Crippen LogP contribution >= 0.6 is 0 Å². The van der Waals surface area contributed by atoms with Gasteiger partial charge in [-0.3, -0.25) is 0 Å². The summed E-state index contributed by atoms with van der Waals surface area (Å²) in [5, 5.41) is 3.30. The van der Waals surface area contributed by atoms with E-state index in [-0.39, 0.29) is 12.4 Å². The largest absolute Gasteiger partial charge is 1.00 e. The van der Waals surface area contributed by atoms with E-state index in [1.165, 1.54) is 0 Å². The number of ether oxygens (including phenoxy) is 3. The van der Waals surface area contributed by atoms with Gasteiger partial charge in [0.25, 0.3) is 0 Å². The maximum absolute atomic E-state index is 5.38. The zero-order valence-corrected chi connectivity index (χ0v) is 13.1. The van der Waals surface area contributed by atoms with Crippen LogP contribution in [0.1, 0.15) is 11.3 Å². The summed E-state index contributed by atoms with van der Waals surface area (Å²) >= 11 is 0. The molecule has 2 aromatic rings. The summed E-state index contributed by atoms with van der Waals surface area (Å²) in [6.07, 6.45) is 1.66. The van der Waals surface area contributed by atoms with Crippen LogP contribution in [0.2, 0.25) is 0 Å². The fourth-order valence-electron chi connectivity index (χ4n) is 1.96. The van der Waals surface area contributed by atoms with E-state index in [4.69, 9.17) is 18.6 Å². The van der Waals surface area contributed by atoms with Crippen molar-refractivity contribution in [2.75, 3.05) is 21.3 Å². The molecule has 0 bridgehead atoms. The molecule has 0 aliphatic carbocycles. The molecule has 1 aromatic carbocycles. The smallest absolute Gasteiger partial charge is 0.164 e. The first-order chi connectivity index (χ1) is 9.78. The number of benzene rings is 1. The normalized spacial score (nSPS) is 9.86. The van der Waals surface area contributed by atoms with Gasteiger partial charge in [-0.1, -0.05) is 0 Å². The minimum Gasteiger partial charge on any atom is -1.00 e. The second-order valence-electron chi connectivity index (χ2n) is 4.20. The van der Waals surface area contributed by atoms with E-state index < -0.39 is 0 Å². The summed E-state index contributed by atoms with van der Waals surface area (Å²) in [5.74, 6) is 2.99. The molecular weight excluding hydrogens is 294 g/mol. The molecule has 116 valence electrons. The maximum atomic E-state index is 5.38. The quantitative estimate of drug-likeness (QED) is 0.754. The van der Waals surface area contributed by atoms with Gasteiger partial charge >= 0.3 is 0 Å². The molecule has 6 heteroatoms. The summed E-state index contributed by atoms with van der Waals surface area (Å²) in [6, 6.07) is 7.53. The molecule has 5 nitrogen and oxygen atoms in total. The topological polar surface area (TPSA) is 52.9 Å². The highest BCUT2D eigenvalue weighted by Crippen LogP contribution is 2.34. The summed E-state index contributed by atoms with van der Waals surface area (Å²) in [4.78, 5) is 0. The van der Waals surface area contributed by atoms with Gasteiger partial charge in [-0.05, 0) is 18.2 Å². The highest BCUT2D eigenvalue weighted by atomic mass is 35.5. The number of methoxy groups -OCH3 is 3. The number of hydrogen-bond donors (Lipinski definition) is 1. The van der Waals surface area contributed by atoms with Gasteiger partial charge in [-0.25, -0.2) is 0 Å². The zero-order valence-electron chi connectivity index (χ0n) is 12.3. The van der Waals surface area contributed by atoms with Gasteiger partial charge in [0, 0.05) is 18.2 Å². The van der Waals surface area contributed by atoms with Crippen molar-refractivity contribution in [3.05, 3.63) is 41.9 Å². The maximum Gasteiger partial charge on any atom is 0.164 e. The number of hydrogen-bond acceptors (Lipinski definition) is 5. The van der Waals surface area contributed by atoms with Gasteiger partial charge in [0.1, 0.15) is 11.5 Å². The molecule has 0 saturated heterocycles. The third-order valence-electron chi connectivity index (χ3n) is 2.98. The predicted octanol–water partition coefficient (Wildman–Crippen LogP) is -0.401. The van der Waals surface area contributed by atoms with Crippen molar-refractivity contribution in [2.24, 2.45) is 0 Å². The Labute approximate surface area is 130 Å². The third-order valence-corrected chi connectivity index (χ3v) is 2.98. The molecule has 0 amide bonds. The molecule has 1 aromatic heterocycles. The first kappa shape index (κ1) is 17.2. The molecule has 1 heterocycles. The number of nitrogens with one attached hydrogen (secondary N) is 1. The van der Waals surface area contributed by atoms with Crippen LogP contribution in [0.3, 0.4) is 0 Å². The molecule has 0 unspecified atom stereocenters. The molecular formula is C15H19ClNO4-. The second kappa shape index (κ2) is 8.44. The Hall–Kier alpha value is -1.85. The molecule has 0 aliphatic rings. The van der Waals surface area contributed by atoms with Gasteiger partial charge in [-0.2, -0.15) is 0 Å². The van der Waals surface area contributed by atoms with E-state index in [1.54, 1.807) is 27.6 Å². The summed E-state index contributed by atoms with van der Waals surface area (Å²) in [7, 11) is 4.85. The van der Waals surface area contributed by atoms with Crippen LogP contribution in [-0.2, 0) is 13.1 Å². The Bertz CT molecular complexity index is 543. The highest BCUT2D eigenvalue weighted by Gasteiger charge is 2.11. The Morgan fingerprint density at radius 1 is 0.952 bits per heavy atom. The van der Waals surface area contributed by atoms with Gasteiger partial charge < -0.3 is 36.4 Å². The average molecular weight is 313 g/mol. The summed E-state index contributed by atoms with van der Waals surface area (Å²) in [5.41, 5.74) is 0.997. The van der Waals surface area contributed by atoms with Crippen molar-refractivity contribution in [3.8, 4) is 17.2 Å². The van der Waals surface area contributed by atoms with E-state index in [0.29, 0.717) is 24.6 Å². The number of rotatable bonds is 7. The summed E-state index contributed by atoms with van der Waals surface area (Å²) in [6.45, 7) is 1.30. The average Bonchev–Trinajstić information content (AvgIpc) is 2.99. The molecule has 0 aliphatic heterocycles. The van der Waals surface area contributed by atoms with E-state index in [1.807, 2.05) is 24.3 Å².